The Hall–Kier alpha value is -2.45. The Labute approximate surface area is 160 Å². The van der Waals surface area contributed by atoms with E-state index in [0.29, 0.717) is 4.91 Å². The molecule has 0 spiro atoms. The monoisotopic (exact) mass is 391 g/mol. The minimum atomic E-state index is -1.29. The van der Waals surface area contributed by atoms with Crippen molar-refractivity contribution in [3.8, 4) is 0 Å². The maximum Gasteiger partial charge on any atom is 0.326 e. The zero-order valence-electron chi connectivity index (χ0n) is 13.9. The molecule has 1 aromatic rings. The van der Waals surface area contributed by atoms with Gasteiger partial charge in [0.05, 0.1) is 4.91 Å². The van der Waals surface area contributed by atoms with E-state index >= 15 is 0 Å². The topological polar surface area (TPSA) is 94.9 Å². The van der Waals surface area contributed by atoms with Gasteiger partial charge in [0, 0.05) is 6.42 Å². The lowest BCUT2D eigenvalue weighted by molar-refractivity contribution is -0.146. The molecular formula is C18H17NO5S2. The molecule has 1 amide bonds. The number of carbonyl (C=O) groups excluding carboxylic acids is 1. The predicted octanol–water partition coefficient (Wildman–Crippen LogP) is 3.15. The highest BCUT2D eigenvalue weighted by atomic mass is 32.2. The van der Waals surface area contributed by atoms with Crippen molar-refractivity contribution < 1.29 is 24.6 Å². The Bertz CT molecular complexity index is 801. The Morgan fingerprint density at radius 2 is 1.92 bits per heavy atom. The van der Waals surface area contributed by atoms with Crippen LogP contribution in [0.1, 0.15) is 25.3 Å². The van der Waals surface area contributed by atoms with E-state index in [-0.39, 0.29) is 17.2 Å². The number of thiocarbonyl (C=S) groups is 1. The number of hydrogen-bond acceptors (Lipinski definition) is 5. The molecule has 8 heteroatoms. The van der Waals surface area contributed by atoms with Gasteiger partial charge >= 0.3 is 11.9 Å². The minimum Gasteiger partial charge on any atom is -0.481 e. The van der Waals surface area contributed by atoms with Gasteiger partial charge in [-0.3, -0.25) is 14.5 Å². The molecule has 0 radical (unpaired) electrons. The van der Waals surface area contributed by atoms with Crippen LogP contribution in [0.2, 0.25) is 0 Å². The summed E-state index contributed by atoms with van der Waals surface area (Å²) in [6, 6.07) is 8.27. The number of aliphatic carboxylic acids is 2. The third kappa shape index (κ3) is 5.03. The lowest BCUT2D eigenvalue weighted by atomic mass is 10.1. The van der Waals surface area contributed by atoms with Crippen LogP contribution in [0.5, 0.6) is 0 Å². The Morgan fingerprint density at radius 3 is 2.50 bits per heavy atom. The molecule has 0 saturated carbocycles. The Balaban J connectivity index is 2.22. The second-order valence-corrected chi connectivity index (χ2v) is 7.31. The van der Waals surface area contributed by atoms with Crippen LogP contribution in [0.3, 0.4) is 0 Å². The van der Waals surface area contributed by atoms with Crippen molar-refractivity contribution in [2.75, 3.05) is 0 Å². The molecule has 0 aliphatic carbocycles. The van der Waals surface area contributed by atoms with E-state index in [1.165, 1.54) is 0 Å². The van der Waals surface area contributed by atoms with E-state index in [1.54, 1.807) is 6.08 Å². The van der Waals surface area contributed by atoms with Gasteiger partial charge in [-0.25, -0.2) is 4.79 Å². The number of amides is 1. The molecule has 0 aromatic heterocycles. The summed E-state index contributed by atoms with van der Waals surface area (Å²) < 4.78 is 0.117. The number of hydrogen-bond donors (Lipinski definition) is 2. The van der Waals surface area contributed by atoms with Crippen LogP contribution in [-0.2, 0) is 14.4 Å². The number of carbonyl (C=O) groups is 3. The van der Waals surface area contributed by atoms with Crippen molar-refractivity contribution in [2.45, 2.75) is 25.8 Å². The van der Waals surface area contributed by atoms with Crippen LogP contribution in [0.15, 0.2) is 46.9 Å². The molecule has 1 heterocycles. The number of nitrogens with zero attached hydrogens (tertiary/aromatic N) is 1. The number of allylic oxidation sites excluding steroid dienone is 2. The molecule has 2 rings (SSSR count). The molecule has 1 aliphatic rings. The summed E-state index contributed by atoms with van der Waals surface area (Å²) in [5, 5.41) is 18.1. The zero-order valence-corrected chi connectivity index (χ0v) is 15.5. The van der Waals surface area contributed by atoms with Crippen molar-refractivity contribution in [1.82, 2.24) is 4.90 Å². The first-order valence-corrected chi connectivity index (χ1v) is 8.97. The van der Waals surface area contributed by atoms with Gasteiger partial charge in [-0.2, -0.15) is 0 Å². The van der Waals surface area contributed by atoms with Crippen molar-refractivity contribution >= 4 is 52.2 Å². The van der Waals surface area contributed by atoms with Crippen LogP contribution in [0.4, 0.5) is 0 Å². The van der Waals surface area contributed by atoms with Gasteiger partial charge in [0.15, 0.2) is 0 Å². The molecule has 1 aliphatic heterocycles. The summed E-state index contributed by atoms with van der Waals surface area (Å²) in [7, 11) is 0. The first-order valence-electron chi connectivity index (χ1n) is 7.74. The van der Waals surface area contributed by atoms with E-state index in [1.807, 2.05) is 43.3 Å². The highest BCUT2D eigenvalue weighted by Crippen LogP contribution is 2.34. The summed E-state index contributed by atoms with van der Waals surface area (Å²) >= 11 is 6.17. The molecule has 6 nitrogen and oxygen atoms in total. The van der Waals surface area contributed by atoms with Gasteiger partial charge in [-0.1, -0.05) is 60.4 Å². The van der Waals surface area contributed by atoms with E-state index in [0.717, 1.165) is 27.8 Å². The third-order valence-corrected chi connectivity index (χ3v) is 4.93. The summed E-state index contributed by atoms with van der Waals surface area (Å²) in [5.74, 6) is -2.92. The van der Waals surface area contributed by atoms with Crippen LogP contribution in [0, 0.1) is 0 Å². The predicted molar refractivity (Wildman–Crippen MR) is 104 cm³/mol. The standard InChI is InChI=1S/C18H17NO5S2/c1-11(9-12-5-3-2-4-6-12)10-14-16(22)19(18(25)26-14)13(17(23)24)7-8-15(20)21/h2-6,9-10,13H,7-8H2,1H3,(H,20,21)(H,23,24)/b11-9+,14-10+/t13-/m0/s1. The number of thioether (sulfide) groups is 1. The van der Waals surface area contributed by atoms with Crippen LogP contribution in [0.25, 0.3) is 6.08 Å². The minimum absolute atomic E-state index is 0.117. The van der Waals surface area contributed by atoms with Crippen molar-refractivity contribution in [2.24, 2.45) is 0 Å². The van der Waals surface area contributed by atoms with Crippen LogP contribution >= 0.6 is 24.0 Å². The number of benzene rings is 1. The highest BCUT2D eigenvalue weighted by Gasteiger charge is 2.40. The molecule has 0 bridgehead atoms. The normalized spacial score (nSPS) is 17.7. The van der Waals surface area contributed by atoms with Gasteiger partial charge < -0.3 is 10.2 Å². The summed E-state index contributed by atoms with van der Waals surface area (Å²) in [4.78, 5) is 36.1. The molecule has 1 atom stereocenters. The molecule has 136 valence electrons. The maximum absolute atomic E-state index is 12.6. The first-order chi connectivity index (χ1) is 12.3. The van der Waals surface area contributed by atoms with Crippen molar-refractivity contribution in [1.29, 1.82) is 0 Å². The van der Waals surface area contributed by atoms with Crippen molar-refractivity contribution in [3.63, 3.8) is 0 Å². The van der Waals surface area contributed by atoms with E-state index < -0.39 is 23.9 Å². The van der Waals surface area contributed by atoms with Gasteiger partial charge in [0.25, 0.3) is 5.91 Å². The molecular weight excluding hydrogens is 374 g/mol. The average molecular weight is 391 g/mol. The fourth-order valence-electron chi connectivity index (χ4n) is 2.43. The smallest absolute Gasteiger partial charge is 0.326 e. The third-order valence-electron chi connectivity index (χ3n) is 3.60. The lowest BCUT2D eigenvalue weighted by Gasteiger charge is -2.22. The molecule has 0 unspecified atom stereocenters. The first kappa shape index (κ1) is 19.9. The highest BCUT2D eigenvalue weighted by molar-refractivity contribution is 8.26. The Kier molecular flexibility index (Phi) is 6.70. The molecule has 1 fully saturated rings. The quantitative estimate of drug-likeness (QED) is 0.544. The molecule has 26 heavy (non-hydrogen) atoms. The van der Waals surface area contributed by atoms with E-state index in [4.69, 9.17) is 17.3 Å². The fraction of sp³-hybridized carbons (Fsp3) is 0.222. The van der Waals surface area contributed by atoms with Gasteiger partial charge in [0.2, 0.25) is 0 Å². The zero-order chi connectivity index (χ0) is 19.3. The maximum atomic E-state index is 12.6. The second-order valence-electron chi connectivity index (χ2n) is 5.64. The largest absolute Gasteiger partial charge is 0.481 e. The number of carboxylic acids is 2. The summed E-state index contributed by atoms with van der Waals surface area (Å²) in [5.41, 5.74) is 1.79. The molecule has 1 aromatic carbocycles. The lowest BCUT2D eigenvalue weighted by Crippen LogP contribution is -2.44. The van der Waals surface area contributed by atoms with Crippen LogP contribution < -0.4 is 0 Å². The molecule has 1 saturated heterocycles. The number of carboxylic acid groups (broad SMARTS) is 2. The fourth-order valence-corrected chi connectivity index (χ4v) is 3.84. The van der Waals surface area contributed by atoms with Gasteiger partial charge in [-0.05, 0) is 30.6 Å². The molecule has 2 N–H and O–H groups in total. The number of rotatable bonds is 7. The SMILES string of the molecule is CC(=C\c1ccccc1)/C=C1/SC(=S)N([C@@H](CCC(=O)O)C(=O)O)C1=O. The van der Waals surface area contributed by atoms with Crippen LogP contribution in [-0.4, -0.2) is 43.3 Å². The average Bonchev–Trinajstić information content (AvgIpc) is 2.83. The summed E-state index contributed by atoms with van der Waals surface area (Å²) in [6.07, 6.45) is 2.98. The van der Waals surface area contributed by atoms with Gasteiger partial charge in [0.1, 0.15) is 10.4 Å². The van der Waals surface area contributed by atoms with Crippen molar-refractivity contribution in [3.05, 3.63) is 52.4 Å². The van der Waals surface area contributed by atoms with Gasteiger partial charge in [-0.15, -0.1) is 0 Å². The van der Waals surface area contributed by atoms with E-state index in [9.17, 15) is 19.5 Å². The van der Waals surface area contributed by atoms with E-state index in [2.05, 4.69) is 0 Å². The Morgan fingerprint density at radius 1 is 1.27 bits per heavy atom. The summed E-state index contributed by atoms with van der Waals surface area (Å²) in [6.45, 7) is 1.83. The second kappa shape index (κ2) is 8.77.